The summed E-state index contributed by atoms with van der Waals surface area (Å²) in [6, 6.07) is 12.6. The molecule has 4 rings (SSSR count). The summed E-state index contributed by atoms with van der Waals surface area (Å²) in [5.74, 6) is -0.617. The molecular formula is C25H27F3N2O2. The monoisotopic (exact) mass is 444 g/mol. The lowest BCUT2D eigenvalue weighted by molar-refractivity contribution is -0.140. The van der Waals surface area contributed by atoms with Gasteiger partial charge in [0.15, 0.2) is 0 Å². The number of amides is 2. The maximum absolute atomic E-state index is 13.2. The minimum Gasteiger partial charge on any atom is -0.352 e. The molecule has 7 heteroatoms. The second-order valence-corrected chi connectivity index (χ2v) is 8.89. The summed E-state index contributed by atoms with van der Waals surface area (Å²) in [5, 5.41) is 2.96. The topological polar surface area (TPSA) is 49.4 Å². The first-order valence-electron chi connectivity index (χ1n) is 11.0. The smallest absolute Gasteiger partial charge is 0.352 e. The molecule has 4 nitrogen and oxygen atoms in total. The van der Waals surface area contributed by atoms with Gasteiger partial charge in [0.25, 0.3) is 0 Å². The third-order valence-electron chi connectivity index (χ3n) is 6.31. The van der Waals surface area contributed by atoms with Crippen molar-refractivity contribution in [2.45, 2.75) is 51.4 Å². The molecule has 2 aromatic carbocycles. The number of nitrogens with one attached hydrogen (secondary N) is 1. The van der Waals surface area contributed by atoms with Crippen LogP contribution in [0.4, 0.5) is 13.2 Å². The van der Waals surface area contributed by atoms with Crippen molar-refractivity contribution >= 4 is 11.8 Å². The highest BCUT2D eigenvalue weighted by atomic mass is 19.4. The molecule has 2 amide bonds. The first kappa shape index (κ1) is 22.4. The molecule has 1 heterocycles. The third-order valence-corrected chi connectivity index (χ3v) is 6.31. The van der Waals surface area contributed by atoms with Crippen LogP contribution in [0.5, 0.6) is 0 Å². The molecule has 2 atom stereocenters. The molecule has 1 aliphatic carbocycles. The van der Waals surface area contributed by atoms with Gasteiger partial charge in [-0.2, -0.15) is 13.2 Å². The molecule has 2 aliphatic rings. The van der Waals surface area contributed by atoms with E-state index in [0.29, 0.717) is 24.9 Å². The SMILES string of the molecule is Cc1cccc(CNC(=O)[C@H]2CC[C@H](c3cccc(C(F)(F)F)c3)N(C(=O)C3CC3)C2)c1. The average molecular weight is 444 g/mol. The Balaban J connectivity index is 1.48. The number of hydrogen-bond acceptors (Lipinski definition) is 2. The van der Waals surface area contributed by atoms with Crippen molar-refractivity contribution in [1.82, 2.24) is 10.2 Å². The molecule has 2 aromatic rings. The number of benzene rings is 2. The van der Waals surface area contributed by atoms with E-state index in [4.69, 9.17) is 0 Å². The van der Waals surface area contributed by atoms with Crippen LogP contribution in [0, 0.1) is 18.8 Å². The zero-order chi connectivity index (χ0) is 22.9. The minimum atomic E-state index is -4.44. The Hall–Kier alpha value is -2.83. The van der Waals surface area contributed by atoms with Crippen LogP contribution in [-0.4, -0.2) is 23.3 Å². The highest BCUT2D eigenvalue weighted by Crippen LogP contribution is 2.40. The van der Waals surface area contributed by atoms with Gasteiger partial charge in [0.05, 0.1) is 17.5 Å². The Kier molecular flexibility index (Phi) is 6.26. The molecule has 0 unspecified atom stereocenters. The van der Waals surface area contributed by atoms with Crippen molar-refractivity contribution in [1.29, 1.82) is 0 Å². The number of carbonyl (C=O) groups is 2. The number of halogens is 3. The van der Waals surface area contributed by atoms with Crippen molar-refractivity contribution in [2.24, 2.45) is 11.8 Å². The molecular weight excluding hydrogens is 417 g/mol. The molecule has 0 bridgehead atoms. The Morgan fingerprint density at radius 1 is 1.00 bits per heavy atom. The molecule has 0 spiro atoms. The van der Waals surface area contributed by atoms with Gasteiger partial charge in [0, 0.05) is 19.0 Å². The van der Waals surface area contributed by atoms with E-state index in [1.165, 1.54) is 6.07 Å². The van der Waals surface area contributed by atoms with Crippen LogP contribution >= 0.6 is 0 Å². The highest BCUT2D eigenvalue weighted by Gasteiger charge is 2.41. The van der Waals surface area contributed by atoms with Gasteiger partial charge < -0.3 is 10.2 Å². The molecule has 1 saturated carbocycles. The van der Waals surface area contributed by atoms with Gasteiger partial charge in [-0.15, -0.1) is 0 Å². The van der Waals surface area contributed by atoms with Crippen LogP contribution in [0.2, 0.25) is 0 Å². The molecule has 32 heavy (non-hydrogen) atoms. The molecule has 1 N–H and O–H groups in total. The van der Waals surface area contributed by atoms with E-state index in [9.17, 15) is 22.8 Å². The van der Waals surface area contributed by atoms with E-state index in [1.54, 1.807) is 11.0 Å². The van der Waals surface area contributed by atoms with E-state index >= 15 is 0 Å². The maximum atomic E-state index is 13.2. The van der Waals surface area contributed by atoms with Crippen molar-refractivity contribution in [3.63, 3.8) is 0 Å². The fourth-order valence-corrected chi connectivity index (χ4v) is 4.42. The van der Waals surface area contributed by atoms with Crippen LogP contribution in [0.3, 0.4) is 0 Å². The van der Waals surface area contributed by atoms with E-state index in [0.717, 1.165) is 36.1 Å². The summed E-state index contributed by atoms with van der Waals surface area (Å²) in [4.78, 5) is 27.5. The first-order valence-corrected chi connectivity index (χ1v) is 11.0. The summed E-state index contributed by atoms with van der Waals surface area (Å²) in [7, 11) is 0. The van der Waals surface area contributed by atoms with Crippen LogP contribution < -0.4 is 5.32 Å². The van der Waals surface area contributed by atoms with E-state index in [2.05, 4.69) is 5.32 Å². The summed E-state index contributed by atoms with van der Waals surface area (Å²) in [6.07, 6.45) is -1.85. The predicted octanol–water partition coefficient (Wildman–Crippen LogP) is 5.02. The van der Waals surface area contributed by atoms with Crippen LogP contribution in [0.25, 0.3) is 0 Å². The lowest BCUT2D eigenvalue weighted by Gasteiger charge is -2.40. The maximum Gasteiger partial charge on any atom is 0.416 e. The van der Waals surface area contributed by atoms with Crippen LogP contribution in [0.1, 0.15) is 54.0 Å². The Bertz CT molecular complexity index is 1000. The quantitative estimate of drug-likeness (QED) is 0.704. The molecule has 1 aliphatic heterocycles. The van der Waals surface area contributed by atoms with E-state index in [1.807, 2.05) is 31.2 Å². The number of hydrogen-bond donors (Lipinski definition) is 1. The van der Waals surface area contributed by atoms with Gasteiger partial charge >= 0.3 is 6.18 Å². The number of aryl methyl sites for hydroxylation is 1. The zero-order valence-electron chi connectivity index (χ0n) is 18.0. The number of nitrogens with zero attached hydrogens (tertiary/aromatic N) is 1. The first-order chi connectivity index (χ1) is 15.2. The second kappa shape index (κ2) is 8.96. The standard InChI is InChI=1S/C25H27F3N2O2/c1-16-4-2-5-17(12-16)14-29-23(31)20-10-11-22(30(15-20)24(32)18-8-9-18)19-6-3-7-21(13-19)25(26,27)28/h2-7,12-13,18,20,22H,8-11,14-15H2,1H3,(H,29,31)/t20-,22+/m0/s1. The minimum absolute atomic E-state index is 0.0522. The fraction of sp³-hybridized carbons (Fsp3) is 0.440. The fourth-order valence-electron chi connectivity index (χ4n) is 4.42. The number of piperidine rings is 1. The molecule has 1 saturated heterocycles. The van der Waals surface area contributed by atoms with Crippen LogP contribution in [-0.2, 0) is 22.3 Å². The van der Waals surface area contributed by atoms with E-state index in [-0.39, 0.29) is 30.2 Å². The largest absolute Gasteiger partial charge is 0.416 e. The average Bonchev–Trinajstić information content (AvgIpc) is 3.62. The Morgan fingerprint density at radius 2 is 1.72 bits per heavy atom. The van der Waals surface area contributed by atoms with Crippen molar-refractivity contribution in [3.05, 3.63) is 70.8 Å². The Morgan fingerprint density at radius 3 is 2.41 bits per heavy atom. The molecule has 0 aromatic heterocycles. The number of rotatable bonds is 5. The molecule has 0 radical (unpaired) electrons. The third kappa shape index (κ3) is 5.14. The molecule has 170 valence electrons. The van der Waals surface area contributed by atoms with Gasteiger partial charge in [0.1, 0.15) is 0 Å². The van der Waals surface area contributed by atoms with Crippen molar-refractivity contribution in [3.8, 4) is 0 Å². The second-order valence-electron chi connectivity index (χ2n) is 8.89. The zero-order valence-corrected chi connectivity index (χ0v) is 18.0. The van der Waals surface area contributed by atoms with Gasteiger partial charge in [0.2, 0.25) is 11.8 Å². The summed E-state index contributed by atoms with van der Waals surface area (Å²) in [5.41, 5.74) is 1.88. The van der Waals surface area contributed by atoms with Crippen molar-refractivity contribution < 1.29 is 22.8 Å². The highest BCUT2D eigenvalue weighted by molar-refractivity contribution is 5.84. The number of alkyl halides is 3. The predicted molar refractivity (Wildman–Crippen MR) is 114 cm³/mol. The molecule has 2 fully saturated rings. The van der Waals surface area contributed by atoms with Gasteiger partial charge in [-0.3, -0.25) is 9.59 Å². The number of likely N-dealkylation sites (tertiary alicyclic amines) is 1. The lowest BCUT2D eigenvalue weighted by Crippen LogP contribution is -2.47. The van der Waals surface area contributed by atoms with Gasteiger partial charge in [-0.05, 0) is 55.9 Å². The summed E-state index contributed by atoms with van der Waals surface area (Å²) >= 11 is 0. The number of carbonyl (C=O) groups excluding carboxylic acids is 2. The summed E-state index contributed by atoms with van der Waals surface area (Å²) in [6.45, 7) is 2.63. The van der Waals surface area contributed by atoms with Crippen molar-refractivity contribution in [2.75, 3.05) is 6.54 Å². The van der Waals surface area contributed by atoms with E-state index < -0.39 is 17.8 Å². The Labute approximate surface area is 185 Å². The normalized spacial score (nSPS) is 21.3. The van der Waals surface area contributed by atoms with Crippen LogP contribution in [0.15, 0.2) is 48.5 Å². The summed E-state index contributed by atoms with van der Waals surface area (Å²) < 4.78 is 39.6. The lowest BCUT2D eigenvalue weighted by atomic mass is 9.87. The van der Waals surface area contributed by atoms with Gasteiger partial charge in [-0.1, -0.05) is 42.0 Å². The van der Waals surface area contributed by atoms with Gasteiger partial charge in [-0.25, -0.2) is 0 Å².